The molecule has 0 radical (unpaired) electrons. The van der Waals surface area contributed by atoms with E-state index < -0.39 is 0 Å². The highest BCUT2D eigenvalue weighted by Gasteiger charge is 2.44. The normalized spacial score (nSPS) is 23.2. The molecule has 0 aliphatic carbocycles. The Kier molecular flexibility index (Phi) is 3.64. The molecule has 0 aromatic carbocycles. The third-order valence-electron chi connectivity index (χ3n) is 4.72. The summed E-state index contributed by atoms with van der Waals surface area (Å²) in [6, 6.07) is 1.65. The van der Waals surface area contributed by atoms with E-state index in [1.165, 1.54) is 18.7 Å². The van der Waals surface area contributed by atoms with Crippen LogP contribution in [0.15, 0.2) is 37.2 Å². The van der Waals surface area contributed by atoms with Crippen molar-refractivity contribution in [3.63, 3.8) is 0 Å². The van der Waals surface area contributed by atoms with Gasteiger partial charge in [0.05, 0.1) is 42.0 Å². The van der Waals surface area contributed by atoms with Gasteiger partial charge in [-0.05, 0) is 18.4 Å². The molecule has 2 atom stereocenters. The van der Waals surface area contributed by atoms with Gasteiger partial charge in [-0.15, -0.1) is 0 Å². The van der Waals surface area contributed by atoms with Gasteiger partial charge in [0.15, 0.2) is 0 Å². The van der Waals surface area contributed by atoms with Crippen molar-refractivity contribution in [1.29, 1.82) is 0 Å². The summed E-state index contributed by atoms with van der Waals surface area (Å²) < 4.78 is 0. The zero-order chi connectivity index (χ0) is 16.5. The molecule has 0 bridgehead atoms. The van der Waals surface area contributed by atoms with E-state index in [0.29, 0.717) is 30.9 Å². The number of amides is 2. The maximum absolute atomic E-state index is 12.8. The highest BCUT2D eigenvalue weighted by Crippen LogP contribution is 2.34. The Morgan fingerprint density at radius 2 is 1.96 bits per heavy atom. The molecule has 0 saturated carbocycles. The SMILES string of the molecule is O=C(c1ccnnc1)N1CC2CCN(c3cncnc3)C(=O)C2C1. The number of hydrogen-bond acceptors (Lipinski definition) is 6. The van der Waals surface area contributed by atoms with Crippen LogP contribution in [0, 0.1) is 11.8 Å². The number of fused-ring (bicyclic) bond motifs is 1. The van der Waals surface area contributed by atoms with E-state index in [2.05, 4.69) is 20.2 Å². The molecular weight excluding hydrogens is 308 g/mol. The molecule has 2 aromatic rings. The first-order valence-corrected chi connectivity index (χ1v) is 7.86. The molecule has 2 fully saturated rings. The minimum absolute atomic E-state index is 0.0456. The van der Waals surface area contributed by atoms with Gasteiger partial charge in [0.2, 0.25) is 5.91 Å². The summed E-state index contributed by atoms with van der Waals surface area (Å²) in [5.41, 5.74) is 1.22. The minimum Gasteiger partial charge on any atom is -0.337 e. The van der Waals surface area contributed by atoms with E-state index in [0.717, 1.165) is 6.42 Å². The minimum atomic E-state index is -0.169. The van der Waals surface area contributed by atoms with E-state index in [1.807, 2.05) is 0 Å². The Hall–Kier alpha value is -2.90. The summed E-state index contributed by atoms with van der Waals surface area (Å²) in [4.78, 5) is 36.8. The first-order valence-electron chi connectivity index (χ1n) is 7.86. The molecule has 8 heteroatoms. The topological polar surface area (TPSA) is 92.2 Å². The number of likely N-dealkylation sites (tertiary alicyclic amines) is 1. The fraction of sp³-hybridized carbons (Fsp3) is 0.375. The van der Waals surface area contributed by atoms with Gasteiger partial charge < -0.3 is 9.80 Å². The fourth-order valence-corrected chi connectivity index (χ4v) is 3.50. The molecule has 2 saturated heterocycles. The van der Waals surface area contributed by atoms with E-state index in [1.54, 1.807) is 28.3 Å². The summed E-state index contributed by atoms with van der Waals surface area (Å²) in [5.74, 6) is -0.0132. The second kappa shape index (κ2) is 5.95. The van der Waals surface area contributed by atoms with Gasteiger partial charge in [-0.2, -0.15) is 10.2 Å². The highest BCUT2D eigenvalue weighted by atomic mass is 16.2. The van der Waals surface area contributed by atoms with Crippen molar-refractivity contribution in [3.05, 3.63) is 42.7 Å². The molecule has 24 heavy (non-hydrogen) atoms. The lowest BCUT2D eigenvalue weighted by Gasteiger charge is -2.33. The van der Waals surface area contributed by atoms with Crippen molar-refractivity contribution >= 4 is 17.5 Å². The summed E-state index contributed by atoms with van der Waals surface area (Å²) in [6.07, 6.45) is 8.55. The molecule has 0 spiro atoms. The maximum Gasteiger partial charge on any atom is 0.255 e. The molecular formula is C16H16N6O2. The number of piperidine rings is 1. The van der Waals surface area contributed by atoms with Crippen LogP contribution in [-0.2, 0) is 4.79 Å². The van der Waals surface area contributed by atoms with Crippen molar-refractivity contribution < 1.29 is 9.59 Å². The van der Waals surface area contributed by atoms with Gasteiger partial charge in [-0.3, -0.25) is 9.59 Å². The molecule has 2 aliphatic heterocycles. The largest absolute Gasteiger partial charge is 0.337 e. The number of hydrogen-bond donors (Lipinski definition) is 0. The van der Waals surface area contributed by atoms with Crippen LogP contribution in [0.5, 0.6) is 0 Å². The summed E-state index contributed by atoms with van der Waals surface area (Å²) in [7, 11) is 0. The second-order valence-corrected chi connectivity index (χ2v) is 6.08. The Bertz CT molecular complexity index is 754. The zero-order valence-electron chi connectivity index (χ0n) is 12.9. The monoisotopic (exact) mass is 324 g/mol. The van der Waals surface area contributed by atoms with Gasteiger partial charge in [0.25, 0.3) is 5.91 Å². The lowest BCUT2D eigenvalue weighted by atomic mass is 9.88. The lowest BCUT2D eigenvalue weighted by molar-refractivity contribution is -0.124. The molecule has 4 heterocycles. The van der Waals surface area contributed by atoms with Crippen LogP contribution in [-0.4, -0.2) is 56.5 Å². The molecule has 2 aromatic heterocycles. The molecule has 2 aliphatic rings. The first-order chi connectivity index (χ1) is 11.7. The molecule has 4 rings (SSSR count). The quantitative estimate of drug-likeness (QED) is 0.793. The lowest BCUT2D eigenvalue weighted by Crippen LogP contribution is -2.45. The number of aromatic nitrogens is 4. The van der Waals surface area contributed by atoms with Gasteiger partial charge in [0, 0.05) is 19.6 Å². The Balaban J connectivity index is 1.51. The summed E-state index contributed by atoms with van der Waals surface area (Å²) in [5, 5.41) is 7.44. The van der Waals surface area contributed by atoms with Crippen LogP contribution >= 0.6 is 0 Å². The Morgan fingerprint density at radius 3 is 2.71 bits per heavy atom. The average Bonchev–Trinajstić information content (AvgIpc) is 3.08. The summed E-state index contributed by atoms with van der Waals surface area (Å²) in [6.45, 7) is 1.68. The first kappa shape index (κ1) is 14.7. The Morgan fingerprint density at radius 1 is 1.12 bits per heavy atom. The van der Waals surface area contributed by atoms with Gasteiger partial charge in [0.1, 0.15) is 6.33 Å². The van der Waals surface area contributed by atoms with Crippen molar-refractivity contribution in [2.75, 3.05) is 24.5 Å². The highest BCUT2D eigenvalue weighted by molar-refractivity contribution is 5.98. The van der Waals surface area contributed by atoms with Crippen molar-refractivity contribution in [3.8, 4) is 0 Å². The van der Waals surface area contributed by atoms with Crippen molar-refractivity contribution in [2.45, 2.75) is 6.42 Å². The number of nitrogens with zero attached hydrogens (tertiary/aromatic N) is 6. The van der Waals surface area contributed by atoms with Gasteiger partial charge in [-0.1, -0.05) is 0 Å². The third-order valence-corrected chi connectivity index (χ3v) is 4.72. The van der Waals surface area contributed by atoms with Crippen LogP contribution in [0.4, 0.5) is 5.69 Å². The molecule has 122 valence electrons. The third kappa shape index (κ3) is 2.49. The van der Waals surface area contributed by atoms with Crippen LogP contribution < -0.4 is 4.90 Å². The van der Waals surface area contributed by atoms with Crippen LogP contribution in [0.3, 0.4) is 0 Å². The molecule has 2 amide bonds. The van der Waals surface area contributed by atoms with Crippen molar-refractivity contribution in [1.82, 2.24) is 25.1 Å². The average molecular weight is 324 g/mol. The van der Waals surface area contributed by atoms with Gasteiger partial charge in [-0.25, -0.2) is 9.97 Å². The van der Waals surface area contributed by atoms with Crippen LogP contribution in [0.1, 0.15) is 16.8 Å². The van der Waals surface area contributed by atoms with Crippen LogP contribution in [0.25, 0.3) is 0 Å². The summed E-state index contributed by atoms with van der Waals surface area (Å²) >= 11 is 0. The molecule has 8 nitrogen and oxygen atoms in total. The Labute approximate surface area is 138 Å². The van der Waals surface area contributed by atoms with E-state index in [4.69, 9.17) is 0 Å². The van der Waals surface area contributed by atoms with E-state index in [-0.39, 0.29) is 23.7 Å². The number of carbonyl (C=O) groups excluding carboxylic acids is 2. The van der Waals surface area contributed by atoms with Gasteiger partial charge >= 0.3 is 0 Å². The predicted octanol–water partition coefficient (Wildman–Crippen LogP) is 0.392. The van der Waals surface area contributed by atoms with E-state index in [9.17, 15) is 9.59 Å². The van der Waals surface area contributed by atoms with E-state index >= 15 is 0 Å². The zero-order valence-corrected chi connectivity index (χ0v) is 12.9. The predicted molar refractivity (Wildman–Crippen MR) is 83.9 cm³/mol. The fourth-order valence-electron chi connectivity index (χ4n) is 3.50. The number of carbonyl (C=O) groups is 2. The smallest absolute Gasteiger partial charge is 0.255 e. The number of anilines is 1. The van der Waals surface area contributed by atoms with Crippen molar-refractivity contribution in [2.24, 2.45) is 11.8 Å². The maximum atomic E-state index is 12.8. The molecule has 2 unspecified atom stereocenters. The second-order valence-electron chi connectivity index (χ2n) is 6.08. The number of rotatable bonds is 2. The molecule has 0 N–H and O–H groups in total. The standard InChI is InChI=1S/C16H16N6O2/c23-15(11-1-3-19-20-5-11)21-8-12-2-4-22(16(24)14(12)9-21)13-6-17-10-18-7-13/h1,3,5-7,10,12,14H,2,4,8-9H2. The van der Waals surface area contributed by atoms with Crippen LogP contribution in [0.2, 0.25) is 0 Å².